The van der Waals surface area contributed by atoms with E-state index < -0.39 is 0 Å². The fourth-order valence-electron chi connectivity index (χ4n) is 2.73. The van der Waals surface area contributed by atoms with E-state index in [1.807, 2.05) is 12.1 Å². The maximum Gasteiger partial charge on any atom is 0.191 e. The lowest BCUT2D eigenvalue weighted by Crippen LogP contribution is -2.45. The third kappa shape index (κ3) is 7.81. The average molecular weight is 461 g/mol. The van der Waals surface area contributed by atoms with Gasteiger partial charge in [-0.25, -0.2) is 0 Å². The normalized spacial score (nSPS) is 20.0. The molecule has 0 spiro atoms. The smallest absolute Gasteiger partial charge is 0.191 e. The molecule has 0 aromatic heterocycles. The van der Waals surface area contributed by atoms with Crippen LogP contribution in [-0.2, 0) is 11.3 Å². The van der Waals surface area contributed by atoms with Gasteiger partial charge in [0.2, 0.25) is 0 Å². The van der Waals surface area contributed by atoms with Gasteiger partial charge >= 0.3 is 0 Å². The fraction of sp³-hybridized carbons (Fsp3) is 0.632. The standard InChI is InChI=1S/C19H31N3O2.HI/c1-4-5-11-23-17-9-6-8-16(13-17)14-21-18(20-3)22-15-19(2)10-7-12-24-19;/h6,8-9,13H,4-5,7,10-12,14-15H2,1-3H3,(H2,20,21,22);1H. The molecular formula is C19H32IN3O2. The van der Waals surface area contributed by atoms with E-state index in [0.29, 0.717) is 6.54 Å². The van der Waals surface area contributed by atoms with Crippen LogP contribution >= 0.6 is 24.0 Å². The van der Waals surface area contributed by atoms with Crippen LogP contribution in [0.1, 0.15) is 45.1 Å². The van der Waals surface area contributed by atoms with E-state index in [1.54, 1.807) is 7.05 Å². The van der Waals surface area contributed by atoms with Crippen LogP contribution in [0.5, 0.6) is 5.75 Å². The number of halogens is 1. The minimum atomic E-state index is -0.0787. The number of guanidine groups is 1. The van der Waals surface area contributed by atoms with E-state index in [0.717, 1.165) is 57.2 Å². The first kappa shape index (κ1) is 22.0. The molecule has 5 nitrogen and oxygen atoms in total. The van der Waals surface area contributed by atoms with Gasteiger partial charge in [-0.3, -0.25) is 4.99 Å². The average Bonchev–Trinajstić information content (AvgIpc) is 3.03. The highest BCUT2D eigenvalue weighted by Crippen LogP contribution is 2.23. The van der Waals surface area contributed by atoms with Crippen molar-refractivity contribution in [3.05, 3.63) is 29.8 Å². The van der Waals surface area contributed by atoms with Crippen LogP contribution in [0.3, 0.4) is 0 Å². The number of rotatable bonds is 8. The fourth-order valence-corrected chi connectivity index (χ4v) is 2.73. The van der Waals surface area contributed by atoms with Crippen molar-refractivity contribution < 1.29 is 9.47 Å². The molecule has 1 aliphatic rings. The summed E-state index contributed by atoms with van der Waals surface area (Å²) in [6.07, 6.45) is 4.45. The van der Waals surface area contributed by atoms with E-state index >= 15 is 0 Å². The van der Waals surface area contributed by atoms with Gasteiger partial charge in [0.1, 0.15) is 5.75 Å². The van der Waals surface area contributed by atoms with E-state index in [1.165, 1.54) is 5.56 Å². The van der Waals surface area contributed by atoms with Crippen molar-refractivity contribution in [3.63, 3.8) is 0 Å². The lowest BCUT2D eigenvalue weighted by molar-refractivity contribution is 0.0243. The van der Waals surface area contributed by atoms with Crippen LogP contribution in [0.25, 0.3) is 0 Å². The number of aliphatic imine (C=N–C) groups is 1. The maximum atomic E-state index is 5.80. The molecule has 0 aliphatic carbocycles. The van der Waals surface area contributed by atoms with Crippen molar-refractivity contribution >= 4 is 29.9 Å². The van der Waals surface area contributed by atoms with Crippen LogP contribution in [0.15, 0.2) is 29.3 Å². The van der Waals surface area contributed by atoms with Gasteiger partial charge in [-0.1, -0.05) is 25.5 Å². The summed E-state index contributed by atoms with van der Waals surface area (Å²) in [4.78, 5) is 4.29. The molecular weight excluding hydrogens is 429 g/mol. The number of nitrogens with one attached hydrogen (secondary N) is 2. The van der Waals surface area contributed by atoms with Crippen LogP contribution in [0.2, 0.25) is 0 Å². The van der Waals surface area contributed by atoms with Crippen molar-refractivity contribution in [2.75, 3.05) is 26.8 Å². The zero-order valence-corrected chi connectivity index (χ0v) is 18.0. The Labute approximate surface area is 169 Å². The van der Waals surface area contributed by atoms with Crippen molar-refractivity contribution in [3.8, 4) is 5.75 Å². The topological polar surface area (TPSA) is 54.9 Å². The summed E-state index contributed by atoms with van der Waals surface area (Å²) in [5.41, 5.74) is 1.10. The number of ether oxygens (including phenoxy) is 2. The van der Waals surface area contributed by atoms with E-state index in [-0.39, 0.29) is 29.6 Å². The second-order valence-corrected chi connectivity index (χ2v) is 6.53. The molecule has 25 heavy (non-hydrogen) atoms. The number of nitrogens with zero attached hydrogens (tertiary/aromatic N) is 1. The van der Waals surface area contributed by atoms with Crippen molar-refractivity contribution in [2.45, 2.75) is 51.7 Å². The molecule has 1 heterocycles. The third-order valence-electron chi connectivity index (χ3n) is 4.28. The SMILES string of the molecule is CCCCOc1cccc(CNC(=NC)NCC2(C)CCCO2)c1.I. The molecule has 0 bridgehead atoms. The van der Waals surface area contributed by atoms with Gasteiger partial charge in [0.05, 0.1) is 12.2 Å². The summed E-state index contributed by atoms with van der Waals surface area (Å²) in [6.45, 7) is 7.43. The Morgan fingerprint density at radius 1 is 1.36 bits per heavy atom. The predicted octanol–water partition coefficient (Wildman–Crippen LogP) is 3.72. The Morgan fingerprint density at radius 2 is 2.20 bits per heavy atom. The molecule has 2 rings (SSSR count). The highest BCUT2D eigenvalue weighted by atomic mass is 127. The Bertz CT molecular complexity index is 531. The summed E-state index contributed by atoms with van der Waals surface area (Å²) in [7, 11) is 1.79. The summed E-state index contributed by atoms with van der Waals surface area (Å²) < 4.78 is 11.6. The van der Waals surface area contributed by atoms with Crippen molar-refractivity contribution in [2.24, 2.45) is 4.99 Å². The molecule has 142 valence electrons. The summed E-state index contributed by atoms with van der Waals surface area (Å²) in [5, 5.41) is 6.71. The number of hydrogen-bond acceptors (Lipinski definition) is 3. The maximum absolute atomic E-state index is 5.80. The lowest BCUT2D eigenvalue weighted by Gasteiger charge is -2.24. The first-order valence-corrected chi connectivity index (χ1v) is 8.95. The van der Waals surface area contributed by atoms with Gasteiger partial charge in [0.25, 0.3) is 0 Å². The third-order valence-corrected chi connectivity index (χ3v) is 4.28. The van der Waals surface area contributed by atoms with Crippen LogP contribution in [0, 0.1) is 0 Å². The van der Waals surface area contributed by atoms with Gasteiger partial charge < -0.3 is 20.1 Å². The molecule has 1 aliphatic heterocycles. The highest BCUT2D eigenvalue weighted by Gasteiger charge is 2.29. The molecule has 1 saturated heterocycles. The molecule has 2 N–H and O–H groups in total. The van der Waals surface area contributed by atoms with E-state index in [2.05, 4.69) is 41.6 Å². The number of hydrogen-bond donors (Lipinski definition) is 2. The van der Waals surface area contributed by atoms with Gasteiger partial charge in [-0.2, -0.15) is 0 Å². The first-order chi connectivity index (χ1) is 11.6. The van der Waals surface area contributed by atoms with Crippen LogP contribution in [0.4, 0.5) is 0 Å². The molecule has 0 saturated carbocycles. The minimum absolute atomic E-state index is 0. The minimum Gasteiger partial charge on any atom is -0.494 e. The lowest BCUT2D eigenvalue weighted by atomic mass is 10.0. The Kier molecular flexibility index (Phi) is 10.2. The zero-order valence-electron chi connectivity index (χ0n) is 15.6. The van der Waals surface area contributed by atoms with Crippen LogP contribution in [-0.4, -0.2) is 38.4 Å². The summed E-state index contributed by atoms with van der Waals surface area (Å²) in [5.74, 6) is 1.72. The molecule has 0 radical (unpaired) electrons. The second-order valence-electron chi connectivity index (χ2n) is 6.53. The number of benzene rings is 1. The van der Waals surface area contributed by atoms with E-state index in [9.17, 15) is 0 Å². The molecule has 6 heteroatoms. The molecule has 1 aromatic carbocycles. The summed E-state index contributed by atoms with van der Waals surface area (Å²) >= 11 is 0. The Morgan fingerprint density at radius 3 is 2.88 bits per heavy atom. The van der Waals surface area contributed by atoms with E-state index in [4.69, 9.17) is 9.47 Å². The molecule has 1 unspecified atom stereocenters. The molecule has 1 atom stereocenters. The van der Waals surface area contributed by atoms with Crippen molar-refractivity contribution in [1.82, 2.24) is 10.6 Å². The Balaban J connectivity index is 0.00000312. The molecule has 1 aromatic rings. The summed E-state index contributed by atoms with van der Waals surface area (Å²) in [6, 6.07) is 8.21. The number of unbranched alkanes of at least 4 members (excludes halogenated alkanes) is 1. The van der Waals surface area contributed by atoms with Gasteiger partial charge in [0.15, 0.2) is 5.96 Å². The largest absolute Gasteiger partial charge is 0.494 e. The molecule has 0 amide bonds. The monoisotopic (exact) mass is 461 g/mol. The van der Waals surface area contributed by atoms with Gasteiger partial charge in [-0.05, 0) is 43.9 Å². The van der Waals surface area contributed by atoms with Crippen LogP contribution < -0.4 is 15.4 Å². The predicted molar refractivity (Wildman–Crippen MR) is 114 cm³/mol. The second kappa shape index (κ2) is 11.6. The van der Waals surface area contributed by atoms with Crippen molar-refractivity contribution in [1.29, 1.82) is 0 Å². The quantitative estimate of drug-likeness (QED) is 0.268. The highest BCUT2D eigenvalue weighted by molar-refractivity contribution is 14.0. The first-order valence-electron chi connectivity index (χ1n) is 8.95. The molecule has 1 fully saturated rings. The van der Waals surface area contributed by atoms with Gasteiger partial charge in [-0.15, -0.1) is 24.0 Å². The Hall–Kier alpha value is -1.02. The zero-order chi connectivity index (χ0) is 17.3. The van der Waals surface area contributed by atoms with Gasteiger partial charge in [0, 0.05) is 26.7 Å².